The van der Waals surface area contributed by atoms with Gasteiger partial charge < -0.3 is 4.90 Å². The monoisotopic (exact) mass is 200 g/mol. The second-order valence-electron chi connectivity index (χ2n) is 2.88. The number of nitrogens with zero attached hydrogens (tertiary/aromatic N) is 2. The summed E-state index contributed by atoms with van der Waals surface area (Å²) in [5, 5.41) is 1.84. The topological polar surface area (TPSA) is 25.2 Å². The van der Waals surface area contributed by atoms with Crippen LogP contribution in [0.25, 0.3) is 0 Å². The van der Waals surface area contributed by atoms with E-state index in [-0.39, 0.29) is 5.56 Å². The highest BCUT2D eigenvalue weighted by atomic mass is 32.1. The molecule has 0 amide bonds. The first-order valence-corrected chi connectivity index (χ1v) is 5.48. The predicted molar refractivity (Wildman–Crippen MR) is 56.4 cm³/mol. The fourth-order valence-corrected chi connectivity index (χ4v) is 1.91. The van der Waals surface area contributed by atoms with Gasteiger partial charge in [-0.25, -0.2) is 0 Å². The normalized spacial score (nSPS) is 11.0. The molecule has 3 nitrogen and oxygen atoms in total. The number of hydrogen-bond donors (Lipinski definition) is 0. The van der Waals surface area contributed by atoms with E-state index in [1.807, 2.05) is 5.38 Å². The minimum absolute atomic E-state index is 0.122. The van der Waals surface area contributed by atoms with Crippen molar-refractivity contribution >= 4 is 11.5 Å². The van der Waals surface area contributed by atoms with Crippen LogP contribution in [0.3, 0.4) is 0 Å². The molecule has 13 heavy (non-hydrogen) atoms. The van der Waals surface area contributed by atoms with E-state index >= 15 is 0 Å². The molecule has 0 aliphatic carbocycles. The number of hydrogen-bond acceptors (Lipinski definition) is 3. The third-order valence-electron chi connectivity index (χ3n) is 2.16. The molecule has 0 aromatic carbocycles. The van der Waals surface area contributed by atoms with Crippen LogP contribution in [0.2, 0.25) is 0 Å². The maximum Gasteiger partial charge on any atom is 0.260 e. The molecule has 0 radical (unpaired) electrons. The fraction of sp³-hybridized carbons (Fsp3) is 0.667. The Morgan fingerprint density at radius 3 is 2.62 bits per heavy atom. The minimum Gasteiger partial charge on any atom is -0.302 e. The van der Waals surface area contributed by atoms with Gasteiger partial charge in [0.2, 0.25) is 0 Å². The maximum atomic E-state index is 11.2. The Bertz CT molecular complexity index is 288. The summed E-state index contributed by atoms with van der Waals surface area (Å²) in [5.41, 5.74) is 0.122. The van der Waals surface area contributed by atoms with E-state index in [1.165, 1.54) is 11.5 Å². The van der Waals surface area contributed by atoms with Crippen molar-refractivity contribution in [1.82, 2.24) is 8.86 Å². The highest BCUT2D eigenvalue weighted by molar-refractivity contribution is 7.04. The highest BCUT2D eigenvalue weighted by Gasteiger charge is 2.00. The summed E-state index contributed by atoms with van der Waals surface area (Å²) < 4.78 is 1.79. The first-order chi connectivity index (χ1) is 6.27. The lowest BCUT2D eigenvalue weighted by Crippen LogP contribution is -2.28. The molecule has 74 valence electrons. The van der Waals surface area contributed by atoms with Crippen LogP contribution in [-0.4, -0.2) is 28.5 Å². The molecule has 1 aromatic rings. The minimum atomic E-state index is 0.122. The van der Waals surface area contributed by atoms with Crippen molar-refractivity contribution in [2.24, 2.45) is 0 Å². The van der Waals surface area contributed by atoms with Crippen molar-refractivity contribution in [2.75, 3.05) is 19.6 Å². The first-order valence-electron chi connectivity index (χ1n) is 4.65. The van der Waals surface area contributed by atoms with Gasteiger partial charge >= 0.3 is 0 Å². The Kier molecular flexibility index (Phi) is 4.18. The van der Waals surface area contributed by atoms with Gasteiger partial charge in [0.05, 0.1) is 0 Å². The molecule has 0 aliphatic heterocycles. The highest BCUT2D eigenvalue weighted by Crippen LogP contribution is 1.94. The standard InChI is InChI=1S/C9H16N2OS/c1-3-10(4-2)6-7-11-9(12)5-8-13-11/h5,8H,3-4,6-7H2,1-2H3. The molecule has 0 N–H and O–H groups in total. The molecular weight excluding hydrogens is 184 g/mol. The molecule has 1 rings (SSSR count). The third kappa shape index (κ3) is 2.97. The van der Waals surface area contributed by atoms with E-state index in [1.54, 1.807) is 10.0 Å². The van der Waals surface area contributed by atoms with Gasteiger partial charge in [-0.05, 0) is 13.1 Å². The largest absolute Gasteiger partial charge is 0.302 e. The second kappa shape index (κ2) is 5.19. The van der Waals surface area contributed by atoms with Gasteiger partial charge in [0.25, 0.3) is 5.56 Å². The van der Waals surface area contributed by atoms with Gasteiger partial charge in [-0.2, -0.15) is 0 Å². The van der Waals surface area contributed by atoms with Crippen molar-refractivity contribution in [3.63, 3.8) is 0 Å². The van der Waals surface area contributed by atoms with Crippen molar-refractivity contribution in [3.8, 4) is 0 Å². The lowest BCUT2D eigenvalue weighted by molar-refractivity contribution is 0.293. The Morgan fingerprint density at radius 2 is 2.15 bits per heavy atom. The van der Waals surface area contributed by atoms with Crippen LogP contribution in [0, 0.1) is 0 Å². The molecule has 0 saturated heterocycles. The van der Waals surface area contributed by atoms with E-state index in [0.29, 0.717) is 0 Å². The Morgan fingerprint density at radius 1 is 1.46 bits per heavy atom. The van der Waals surface area contributed by atoms with Gasteiger partial charge in [0.1, 0.15) is 0 Å². The molecule has 0 bridgehead atoms. The molecule has 0 atom stereocenters. The molecular formula is C9H16N2OS. The molecule has 0 saturated carbocycles. The summed E-state index contributed by atoms with van der Waals surface area (Å²) in [6, 6.07) is 1.62. The van der Waals surface area contributed by atoms with E-state index in [4.69, 9.17) is 0 Å². The van der Waals surface area contributed by atoms with Gasteiger partial charge in [-0.1, -0.05) is 25.4 Å². The van der Waals surface area contributed by atoms with Gasteiger partial charge in [-0.15, -0.1) is 0 Å². The number of aromatic nitrogens is 1. The second-order valence-corrected chi connectivity index (χ2v) is 3.80. The van der Waals surface area contributed by atoms with Crippen molar-refractivity contribution in [3.05, 3.63) is 21.8 Å². The summed E-state index contributed by atoms with van der Waals surface area (Å²) in [7, 11) is 0. The lowest BCUT2D eigenvalue weighted by Gasteiger charge is -2.17. The molecule has 0 fully saturated rings. The van der Waals surface area contributed by atoms with Crippen molar-refractivity contribution in [2.45, 2.75) is 20.4 Å². The Hall–Kier alpha value is -0.610. The first kappa shape index (κ1) is 10.5. The SMILES string of the molecule is CCN(CC)CCn1sccc1=O. The quantitative estimate of drug-likeness (QED) is 0.715. The summed E-state index contributed by atoms with van der Waals surface area (Å²) >= 11 is 1.49. The molecule has 0 unspecified atom stereocenters. The third-order valence-corrected chi connectivity index (χ3v) is 3.03. The zero-order valence-corrected chi connectivity index (χ0v) is 9.01. The molecule has 0 spiro atoms. The molecule has 1 heterocycles. The summed E-state index contributed by atoms with van der Waals surface area (Å²) in [4.78, 5) is 13.5. The van der Waals surface area contributed by atoms with Crippen LogP contribution in [0.15, 0.2) is 16.2 Å². The van der Waals surface area contributed by atoms with Crippen LogP contribution in [-0.2, 0) is 6.54 Å². The van der Waals surface area contributed by atoms with Crippen LogP contribution in [0.1, 0.15) is 13.8 Å². The van der Waals surface area contributed by atoms with E-state index in [9.17, 15) is 4.79 Å². The van der Waals surface area contributed by atoms with E-state index in [2.05, 4.69) is 18.7 Å². The summed E-state index contributed by atoms with van der Waals surface area (Å²) in [6.07, 6.45) is 0. The molecule has 1 aromatic heterocycles. The van der Waals surface area contributed by atoms with Gasteiger partial charge in [0.15, 0.2) is 0 Å². The maximum absolute atomic E-state index is 11.2. The van der Waals surface area contributed by atoms with Crippen molar-refractivity contribution < 1.29 is 0 Å². The summed E-state index contributed by atoms with van der Waals surface area (Å²) in [5.74, 6) is 0. The lowest BCUT2D eigenvalue weighted by atomic mass is 10.5. The fourth-order valence-electron chi connectivity index (χ4n) is 1.23. The van der Waals surface area contributed by atoms with Gasteiger partial charge in [-0.3, -0.25) is 8.75 Å². The zero-order valence-electron chi connectivity index (χ0n) is 8.19. The van der Waals surface area contributed by atoms with Crippen LogP contribution < -0.4 is 5.56 Å². The van der Waals surface area contributed by atoms with Crippen LogP contribution >= 0.6 is 11.5 Å². The van der Waals surface area contributed by atoms with Crippen LogP contribution in [0.4, 0.5) is 0 Å². The Labute approximate surface area is 82.8 Å². The van der Waals surface area contributed by atoms with Gasteiger partial charge in [0, 0.05) is 24.5 Å². The average molecular weight is 200 g/mol. The van der Waals surface area contributed by atoms with E-state index < -0.39 is 0 Å². The molecule has 4 heteroatoms. The molecule has 0 aliphatic rings. The predicted octanol–water partition coefficient (Wildman–Crippen LogP) is 1.25. The Balaban J connectivity index is 2.43. The number of rotatable bonds is 5. The average Bonchev–Trinajstić information content (AvgIpc) is 2.54. The summed E-state index contributed by atoms with van der Waals surface area (Å²) in [6.45, 7) is 8.17. The van der Waals surface area contributed by atoms with Crippen LogP contribution in [0.5, 0.6) is 0 Å². The zero-order chi connectivity index (χ0) is 9.68. The smallest absolute Gasteiger partial charge is 0.260 e. The van der Waals surface area contributed by atoms with Crippen molar-refractivity contribution in [1.29, 1.82) is 0 Å². The number of likely N-dealkylation sites (N-methyl/N-ethyl adjacent to an activating group) is 1. The van der Waals surface area contributed by atoms with E-state index in [0.717, 1.165) is 26.2 Å².